The van der Waals surface area contributed by atoms with Crippen LogP contribution in [0, 0.1) is 0 Å². The molecule has 2 aliphatic rings. The summed E-state index contributed by atoms with van der Waals surface area (Å²) in [6.45, 7) is 7.51. The van der Waals surface area contributed by atoms with Gasteiger partial charge in [-0.05, 0) is 6.42 Å². The second-order valence-corrected chi connectivity index (χ2v) is 4.71. The molecule has 0 radical (unpaired) electrons. The summed E-state index contributed by atoms with van der Waals surface area (Å²) in [6.07, 6.45) is 6.66. The molecular weight excluding hydrogens is 244 g/mol. The molecule has 1 aliphatic heterocycles. The maximum Gasteiger partial charge on any atom is 0.333 e. The molecule has 1 aliphatic carbocycles. The molecule has 0 N–H and O–H groups in total. The Hall–Kier alpha value is -2.10. The smallest absolute Gasteiger partial charge is 0.333 e. The number of carbonyl (C=O) groups excluding carboxylic acids is 2. The molecule has 1 heterocycles. The van der Waals surface area contributed by atoms with Crippen LogP contribution in [0.2, 0.25) is 0 Å². The second kappa shape index (κ2) is 5.69. The van der Waals surface area contributed by atoms with Crippen LogP contribution in [0.3, 0.4) is 0 Å². The maximum absolute atomic E-state index is 11.7. The quantitative estimate of drug-likeness (QED) is 0.574. The lowest BCUT2D eigenvalue weighted by Gasteiger charge is -2.12. The van der Waals surface area contributed by atoms with Crippen LogP contribution in [0.5, 0.6) is 0 Å². The van der Waals surface area contributed by atoms with Gasteiger partial charge in [-0.3, -0.25) is 4.79 Å². The van der Waals surface area contributed by atoms with Gasteiger partial charge in [-0.25, -0.2) is 4.79 Å². The van der Waals surface area contributed by atoms with Gasteiger partial charge in [0.15, 0.2) is 0 Å². The van der Waals surface area contributed by atoms with E-state index in [9.17, 15) is 9.59 Å². The van der Waals surface area contributed by atoms with E-state index in [0.29, 0.717) is 18.4 Å². The van der Waals surface area contributed by atoms with Gasteiger partial charge in [0.1, 0.15) is 12.7 Å². The van der Waals surface area contributed by atoms with Crippen LogP contribution >= 0.6 is 0 Å². The van der Waals surface area contributed by atoms with Crippen LogP contribution in [0.25, 0.3) is 0 Å². The van der Waals surface area contributed by atoms with Crippen molar-refractivity contribution in [2.24, 2.45) is 0 Å². The van der Waals surface area contributed by atoms with E-state index in [-0.39, 0.29) is 25.1 Å². The molecule has 1 unspecified atom stereocenters. The van der Waals surface area contributed by atoms with Gasteiger partial charge in [0.05, 0.1) is 6.42 Å². The molecule has 19 heavy (non-hydrogen) atoms. The summed E-state index contributed by atoms with van der Waals surface area (Å²) in [6, 6.07) is 0. The first-order valence-corrected chi connectivity index (χ1v) is 6.13. The summed E-state index contributed by atoms with van der Waals surface area (Å²) >= 11 is 0. The van der Waals surface area contributed by atoms with Crippen molar-refractivity contribution in [2.75, 3.05) is 6.61 Å². The van der Waals surface area contributed by atoms with Crippen LogP contribution < -0.4 is 0 Å². The molecule has 0 bridgehead atoms. The van der Waals surface area contributed by atoms with Crippen molar-refractivity contribution >= 4 is 11.9 Å². The van der Waals surface area contributed by atoms with Crippen LogP contribution in [-0.4, -0.2) is 24.6 Å². The highest BCUT2D eigenvalue weighted by Crippen LogP contribution is 2.21. The number of esters is 2. The maximum atomic E-state index is 11.7. The summed E-state index contributed by atoms with van der Waals surface area (Å²) in [7, 11) is 0. The molecule has 2 rings (SSSR count). The third-order valence-corrected chi connectivity index (χ3v) is 2.96. The molecule has 0 aromatic heterocycles. The number of allylic oxidation sites excluding steroid dienone is 4. The lowest BCUT2D eigenvalue weighted by Crippen LogP contribution is -2.18. The minimum Gasteiger partial charge on any atom is -0.461 e. The van der Waals surface area contributed by atoms with Crippen molar-refractivity contribution in [3.8, 4) is 0 Å². The predicted octanol–water partition coefficient (Wildman–Crippen LogP) is 2.23. The molecule has 4 nitrogen and oxygen atoms in total. The number of hydrogen-bond donors (Lipinski definition) is 0. The van der Waals surface area contributed by atoms with Gasteiger partial charge in [0.25, 0.3) is 0 Å². The normalized spacial score (nSPS) is 22.2. The molecular formula is C15H16O4. The van der Waals surface area contributed by atoms with Gasteiger partial charge in [-0.1, -0.05) is 42.5 Å². The molecule has 0 saturated carbocycles. The monoisotopic (exact) mass is 260 g/mol. The zero-order chi connectivity index (χ0) is 13.8. The number of rotatable bonds is 4. The predicted molar refractivity (Wildman–Crippen MR) is 70.2 cm³/mol. The Bertz CT molecular complexity index is 480. The number of hydrogen-bond acceptors (Lipinski definition) is 4. The first-order valence-electron chi connectivity index (χ1n) is 6.13. The van der Waals surface area contributed by atoms with Gasteiger partial charge in [-0.15, -0.1) is 0 Å². The number of cyclic esters (lactones) is 1. The minimum atomic E-state index is -0.405. The van der Waals surface area contributed by atoms with E-state index in [2.05, 4.69) is 13.2 Å². The Kier molecular flexibility index (Phi) is 4.00. The Morgan fingerprint density at radius 3 is 2.89 bits per heavy atom. The van der Waals surface area contributed by atoms with Gasteiger partial charge in [-0.2, -0.15) is 0 Å². The standard InChI is InChI=1S/C15H16O4/c1-10-4-3-5-12(6-10)8-14(16)18-9-13-7-11(2)15(17)19-13/h3-5,13H,1-2,6-9H2. The highest BCUT2D eigenvalue weighted by Gasteiger charge is 2.28. The second-order valence-electron chi connectivity index (χ2n) is 4.71. The highest BCUT2D eigenvalue weighted by molar-refractivity contribution is 5.89. The molecule has 1 atom stereocenters. The summed E-state index contributed by atoms with van der Waals surface area (Å²) in [5.41, 5.74) is 2.38. The van der Waals surface area contributed by atoms with Crippen LogP contribution in [-0.2, 0) is 19.1 Å². The first-order chi connectivity index (χ1) is 9.04. The fourth-order valence-electron chi connectivity index (χ4n) is 2.00. The third-order valence-electron chi connectivity index (χ3n) is 2.96. The van der Waals surface area contributed by atoms with Crippen LogP contribution in [0.4, 0.5) is 0 Å². The van der Waals surface area contributed by atoms with Crippen molar-refractivity contribution < 1.29 is 19.1 Å². The first kappa shape index (κ1) is 13.3. The average molecular weight is 260 g/mol. The molecule has 1 fully saturated rings. The zero-order valence-electron chi connectivity index (χ0n) is 10.7. The topological polar surface area (TPSA) is 52.6 Å². The number of carbonyl (C=O) groups is 2. The van der Waals surface area contributed by atoms with Crippen LogP contribution in [0.15, 0.2) is 48.1 Å². The zero-order valence-corrected chi connectivity index (χ0v) is 10.7. The Balaban J connectivity index is 1.75. The lowest BCUT2D eigenvalue weighted by atomic mass is 9.99. The van der Waals surface area contributed by atoms with Crippen LogP contribution in [0.1, 0.15) is 19.3 Å². The molecule has 0 aromatic rings. The molecule has 0 spiro atoms. The third kappa shape index (κ3) is 3.68. The van der Waals surface area contributed by atoms with Gasteiger partial charge in [0, 0.05) is 12.0 Å². The largest absolute Gasteiger partial charge is 0.461 e. The summed E-state index contributed by atoms with van der Waals surface area (Å²) in [5.74, 6) is -0.722. The van der Waals surface area contributed by atoms with Crippen molar-refractivity contribution in [1.82, 2.24) is 0 Å². The van der Waals surface area contributed by atoms with Crippen molar-refractivity contribution in [2.45, 2.75) is 25.4 Å². The lowest BCUT2D eigenvalue weighted by molar-refractivity contribution is -0.151. The Labute approximate surface area is 112 Å². The van der Waals surface area contributed by atoms with Crippen molar-refractivity contribution in [1.29, 1.82) is 0 Å². The van der Waals surface area contributed by atoms with Crippen molar-refractivity contribution in [3.05, 3.63) is 48.1 Å². The van der Waals surface area contributed by atoms with E-state index in [4.69, 9.17) is 9.47 Å². The molecule has 0 aromatic carbocycles. The summed E-state index contributed by atoms with van der Waals surface area (Å²) in [5, 5.41) is 0. The van der Waals surface area contributed by atoms with Gasteiger partial charge < -0.3 is 9.47 Å². The summed E-state index contributed by atoms with van der Waals surface area (Å²) < 4.78 is 10.1. The highest BCUT2D eigenvalue weighted by atomic mass is 16.6. The summed E-state index contributed by atoms with van der Waals surface area (Å²) in [4.78, 5) is 22.8. The molecule has 0 amide bonds. The van der Waals surface area contributed by atoms with E-state index in [1.165, 1.54) is 0 Å². The van der Waals surface area contributed by atoms with E-state index < -0.39 is 5.97 Å². The minimum absolute atomic E-state index is 0.0909. The Morgan fingerprint density at radius 2 is 2.26 bits per heavy atom. The average Bonchev–Trinajstić information content (AvgIpc) is 2.66. The van der Waals surface area contributed by atoms with E-state index >= 15 is 0 Å². The SMILES string of the molecule is C=C1C=CC=C(CC(=O)OCC2CC(=C)C(=O)O2)C1. The molecule has 4 heteroatoms. The van der Waals surface area contributed by atoms with Gasteiger partial charge in [0.2, 0.25) is 0 Å². The number of ether oxygens (including phenoxy) is 2. The Morgan fingerprint density at radius 1 is 1.47 bits per heavy atom. The van der Waals surface area contributed by atoms with Crippen molar-refractivity contribution in [3.63, 3.8) is 0 Å². The molecule has 100 valence electrons. The fraction of sp³-hybridized carbons (Fsp3) is 0.333. The van der Waals surface area contributed by atoms with E-state index in [1.807, 2.05) is 18.2 Å². The van der Waals surface area contributed by atoms with E-state index in [1.54, 1.807) is 0 Å². The molecule has 1 saturated heterocycles. The fourth-order valence-corrected chi connectivity index (χ4v) is 2.00. The van der Waals surface area contributed by atoms with Gasteiger partial charge >= 0.3 is 11.9 Å². The van der Waals surface area contributed by atoms with E-state index in [0.717, 1.165) is 11.1 Å².